The lowest BCUT2D eigenvalue weighted by molar-refractivity contribution is -0.148. The van der Waals surface area contributed by atoms with Crippen molar-refractivity contribution in [3.8, 4) is 0 Å². The van der Waals surface area contributed by atoms with Gasteiger partial charge < -0.3 is 20.0 Å². The number of nitrogens with zero attached hydrogens (tertiary/aromatic N) is 2. The van der Waals surface area contributed by atoms with E-state index in [1.165, 1.54) is 0 Å². The van der Waals surface area contributed by atoms with Crippen LogP contribution in [0.5, 0.6) is 0 Å². The van der Waals surface area contributed by atoms with E-state index in [2.05, 4.69) is 0 Å². The van der Waals surface area contributed by atoms with Crippen molar-refractivity contribution in [1.29, 1.82) is 0 Å². The molecule has 0 aliphatic carbocycles. The van der Waals surface area contributed by atoms with Gasteiger partial charge >= 0.3 is 12.0 Å². The Morgan fingerprint density at radius 3 is 2.45 bits per heavy atom. The lowest BCUT2D eigenvalue weighted by Gasteiger charge is -2.29. The summed E-state index contributed by atoms with van der Waals surface area (Å²) in [6.45, 7) is 5.49. The van der Waals surface area contributed by atoms with Crippen LogP contribution in [0, 0.1) is 5.41 Å². The van der Waals surface area contributed by atoms with Gasteiger partial charge in [-0.15, -0.1) is 0 Å². The molecular weight excluding hydrogens is 260 g/mol. The van der Waals surface area contributed by atoms with Crippen molar-refractivity contribution in [3.05, 3.63) is 0 Å². The molecular formula is C14H26N2O4. The van der Waals surface area contributed by atoms with Crippen LogP contribution < -0.4 is 0 Å². The van der Waals surface area contributed by atoms with E-state index in [-0.39, 0.29) is 19.2 Å². The highest BCUT2D eigenvalue weighted by molar-refractivity contribution is 5.79. The molecule has 2 amide bonds. The van der Waals surface area contributed by atoms with Crippen LogP contribution in [0.4, 0.5) is 4.79 Å². The zero-order valence-electron chi connectivity index (χ0n) is 12.5. The number of carbonyl (C=O) groups excluding carboxylic acids is 1. The Morgan fingerprint density at radius 2 is 2.00 bits per heavy atom. The molecule has 20 heavy (non-hydrogen) atoms. The molecule has 6 heteroatoms. The summed E-state index contributed by atoms with van der Waals surface area (Å²) in [5, 5.41) is 18.4. The van der Waals surface area contributed by atoms with Crippen LogP contribution in [0.15, 0.2) is 0 Å². The third-order valence-corrected chi connectivity index (χ3v) is 4.18. The predicted molar refractivity (Wildman–Crippen MR) is 75.5 cm³/mol. The van der Waals surface area contributed by atoms with Crippen LogP contribution in [0.1, 0.15) is 39.5 Å². The maximum absolute atomic E-state index is 12.4. The van der Waals surface area contributed by atoms with Gasteiger partial charge in [0.1, 0.15) is 0 Å². The normalized spacial score (nSPS) is 22.1. The first-order valence-corrected chi connectivity index (χ1v) is 7.39. The van der Waals surface area contributed by atoms with E-state index in [1.54, 1.807) is 9.80 Å². The molecule has 0 bridgehead atoms. The van der Waals surface area contributed by atoms with Gasteiger partial charge in [-0.2, -0.15) is 0 Å². The first-order valence-electron chi connectivity index (χ1n) is 7.39. The lowest BCUT2D eigenvalue weighted by Crippen LogP contribution is -2.45. The standard InChI is InChI=1S/C14H26N2O4/c1-3-5-7-15(9-10-17)13(20)16-8-6-14(4-2,11-16)12(18)19/h17H,3-11H2,1-2H3,(H,18,19). The molecule has 1 aliphatic rings. The van der Waals surface area contributed by atoms with E-state index >= 15 is 0 Å². The van der Waals surface area contributed by atoms with Crippen molar-refractivity contribution in [2.24, 2.45) is 5.41 Å². The molecule has 0 radical (unpaired) electrons. The average molecular weight is 286 g/mol. The number of carboxylic acid groups (broad SMARTS) is 1. The number of rotatable bonds is 7. The number of aliphatic hydroxyl groups is 1. The smallest absolute Gasteiger partial charge is 0.320 e. The molecule has 0 saturated carbocycles. The van der Waals surface area contributed by atoms with Crippen LogP contribution in [0.25, 0.3) is 0 Å². The fourth-order valence-electron chi connectivity index (χ4n) is 2.62. The summed E-state index contributed by atoms with van der Waals surface area (Å²) in [4.78, 5) is 27.1. The van der Waals surface area contributed by atoms with Gasteiger partial charge in [-0.1, -0.05) is 20.3 Å². The summed E-state index contributed by atoms with van der Waals surface area (Å²) in [6.07, 6.45) is 2.90. The van der Waals surface area contributed by atoms with Crippen LogP contribution in [0.3, 0.4) is 0 Å². The van der Waals surface area contributed by atoms with E-state index in [0.717, 1.165) is 12.8 Å². The van der Waals surface area contributed by atoms with Gasteiger partial charge in [0.05, 0.1) is 12.0 Å². The number of carboxylic acids is 1. The molecule has 1 atom stereocenters. The molecule has 116 valence electrons. The van der Waals surface area contributed by atoms with Gasteiger partial charge in [0.2, 0.25) is 0 Å². The van der Waals surface area contributed by atoms with Crippen LogP contribution in [-0.4, -0.2) is 64.8 Å². The molecule has 1 fully saturated rings. The zero-order chi connectivity index (χ0) is 15.2. The van der Waals surface area contributed by atoms with Gasteiger partial charge in [-0.25, -0.2) is 4.79 Å². The molecule has 0 aromatic rings. The van der Waals surface area contributed by atoms with Crippen LogP contribution >= 0.6 is 0 Å². The third kappa shape index (κ3) is 3.62. The second kappa shape index (κ2) is 7.47. The minimum absolute atomic E-state index is 0.0683. The molecule has 2 N–H and O–H groups in total. The van der Waals surface area contributed by atoms with Gasteiger partial charge in [0, 0.05) is 26.2 Å². The monoisotopic (exact) mass is 286 g/mol. The Bertz CT molecular complexity index is 348. The number of hydrogen-bond donors (Lipinski definition) is 2. The molecule has 1 heterocycles. The van der Waals surface area contributed by atoms with Crippen LogP contribution in [0.2, 0.25) is 0 Å². The highest BCUT2D eigenvalue weighted by Crippen LogP contribution is 2.34. The number of unbranched alkanes of at least 4 members (excludes halogenated alkanes) is 1. The highest BCUT2D eigenvalue weighted by atomic mass is 16.4. The fourth-order valence-corrected chi connectivity index (χ4v) is 2.62. The van der Waals surface area contributed by atoms with Crippen molar-refractivity contribution in [2.75, 3.05) is 32.8 Å². The van der Waals surface area contributed by atoms with Crippen LogP contribution in [-0.2, 0) is 4.79 Å². The Labute approximate surface area is 120 Å². The van der Waals surface area contributed by atoms with Gasteiger partial charge in [0.25, 0.3) is 0 Å². The number of hydrogen-bond acceptors (Lipinski definition) is 3. The van der Waals surface area contributed by atoms with Crippen molar-refractivity contribution in [1.82, 2.24) is 9.80 Å². The van der Waals surface area contributed by atoms with E-state index in [9.17, 15) is 14.7 Å². The first-order chi connectivity index (χ1) is 9.50. The molecule has 0 aromatic carbocycles. The van der Waals surface area contributed by atoms with E-state index in [4.69, 9.17) is 5.11 Å². The van der Waals surface area contributed by atoms with Gasteiger partial charge in [-0.3, -0.25) is 4.79 Å². The van der Waals surface area contributed by atoms with E-state index in [0.29, 0.717) is 32.5 Å². The number of urea groups is 1. The quantitative estimate of drug-likeness (QED) is 0.741. The molecule has 0 spiro atoms. The maximum Gasteiger partial charge on any atom is 0.320 e. The second-order valence-electron chi connectivity index (χ2n) is 5.46. The summed E-state index contributed by atoms with van der Waals surface area (Å²) in [6, 6.07) is -0.149. The van der Waals surface area contributed by atoms with Gasteiger partial charge in [-0.05, 0) is 19.3 Å². The van der Waals surface area contributed by atoms with E-state index < -0.39 is 11.4 Å². The lowest BCUT2D eigenvalue weighted by atomic mass is 9.84. The Morgan fingerprint density at radius 1 is 1.30 bits per heavy atom. The number of aliphatic carboxylic acids is 1. The summed E-state index contributed by atoms with van der Waals surface area (Å²) < 4.78 is 0. The summed E-state index contributed by atoms with van der Waals surface area (Å²) >= 11 is 0. The summed E-state index contributed by atoms with van der Waals surface area (Å²) in [5.74, 6) is -0.822. The minimum Gasteiger partial charge on any atom is -0.481 e. The summed E-state index contributed by atoms with van der Waals surface area (Å²) in [7, 11) is 0. The third-order valence-electron chi connectivity index (χ3n) is 4.18. The SMILES string of the molecule is CCCCN(CCO)C(=O)N1CCC(CC)(C(=O)O)C1. The fraction of sp³-hybridized carbons (Fsp3) is 0.857. The zero-order valence-corrected chi connectivity index (χ0v) is 12.5. The highest BCUT2D eigenvalue weighted by Gasteiger charge is 2.45. The second-order valence-corrected chi connectivity index (χ2v) is 5.46. The van der Waals surface area contributed by atoms with Crippen molar-refractivity contribution in [3.63, 3.8) is 0 Å². The molecule has 1 aliphatic heterocycles. The van der Waals surface area contributed by atoms with E-state index in [1.807, 2.05) is 13.8 Å². The molecule has 1 saturated heterocycles. The first kappa shape index (κ1) is 16.8. The average Bonchev–Trinajstić information content (AvgIpc) is 2.88. The number of aliphatic hydroxyl groups excluding tert-OH is 1. The van der Waals surface area contributed by atoms with Crippen molar-refractivity contribution < 1.29 is 19.8 Å². The Hall–Kier alpha value is -1.30. The Kier molecular flexibility index (Phi) is 6.26. The topological polar surface area (TPSA) is 81.1 Å². The van der Waals surface area contributed by atoms with Crippen molar-refractivity contribution >= 4 is 12.0 Å². The molecule has 1 rings (SSSR count). The predicted octanol–water partition coefficient (Wildman–Crippen LogP) is 1.39. The van der Waals surface area contributed by atoms with Gasteiger partial charge in [0.15, 0.2) is 0 Å². The van der Waals surface area contributed by atoms with Crippen molar-refractivity contribution in [2.45, 2.75) is 39.5 Å². The minimum atomic E-state index is -0.822. The molecule has 6 nitrogen and oxygen atoms in total. The number of carbonyl (C=O) groups is 2. The largest absolute Gasteiger partial charge is 0.481 e. The Balaban J connectivity index is 2.69. The number of likely N-dealkylation sites (tertiary alicyclic amines) is 1. The maximum atomic E-state index is 12.4. The molecule has 1 unspecified atom stereocenters. The summed E-state index contributed by atoms with van der Waals surface area (Å²) in [5.41, 5.74) is -0.800. The number of amides is 2. The molecule has 0 aromatic heterocycles.